The topological polar surface area (TPSA) is 146 Å². The molecule has 1 saturated carbocycles. The Kier molecular flexibility index (Phi) is 10.1. The number of primary amides is 1. The highest BCUT2D eigenvalue weighted by Crippen LogP contribution is 2.25. The fraction of sp³-hybridized carbons (Fsp3) is 0.314. The Bertz CT molecular complexity index is 1580. The lowest BCUT2D eigenvalue weighted by Crippen LogP contribution is -2.58. The molecule has 1 heterocycles. The molecule has 0 radical (unpaired) electrons. The summed E-state index contributed by atoms with van der Waals surface area (Å²) in [6.45, 7) is 0. The van der Waals surface area contributed by atoms with Gasteiger partial charge in [-0.1, -0.05) is 91.7 Å². The second-order valence-electron chi connectivity index (χ2n) is 11.5. The number of nitrogens with one attached hydrogen (secondary N) is 4. The molecule has 6 N–H and O–H groups in total. The van der Waals surface area contributed by atoms with Gasteiger partial charge in [0.1, 0.15) is 18.1 Å². The molecule has 1 fully saturated rings. The third-order valence-electron chi connectivity index (χ3n) is 8.32. The summed E-state index contributed by atoms with van der Waals surface area (Å²) in [6.07, 6.45) is 6.03. The van der Waals surface area contributed by atoms with E-state index in [9.17, 15) is 19.2 Å². The minimum Gasteiger partial charge on any atom is -0.368 e. The first kappa shape index (κ1) is 30.5. The summed E-state index contributed by atoms with van der Waals surface area (Å²) < 4.78 is 0. The highest BCUT2D eigenvalue weighted by molar-refractivity contribution is 5.95. The van der Waals surface area contributed by atoms with Gasteiger partial charge < -0.3 is 26.7 Å². The highest BCUT2D eigenvalue weighted by Gasteiger charge is 2.32. The number of amides is 4. The number of hydrogen-bond acceptors (Lipinski definition) is 4. The van der Waals surface area contributed by atoms with Crippen molar-refractivity contribution in [3.63, 3.8) is 0 Å². The average Bonchev–Trinajstić information content (AvgIpc) is 3.72. The molecule has 44 heavy (non-hydrogen) atoms. The predicted octanol–water partition coefficient (Wildman–Crippen LogP) is 3.33. The van der Waals surface area contributed by atoms with Crippen molar-refractivity contribution < 1.29 is 19.2 Å². The Morgan fingerprint density at radius 3 is 1.82 bits per heavy atom. The number of H-pyrrole nitrogens is 1. The number of aromatic amines is 1. The lowest BCUT2D eigenvalue weighted by Gasteiger charge is -2.25. The van der Waals surface area contributed by atoms with Gasteiger partial charge in [0.15, 0.2) is 0 Å². The van der Waals surface area contributed by atoms with E-state index in [0.29, 0.717) is 0 Å². The lowest BCUT2D eigenvalue weighted by molar-refractivity contribution is -0.134. The van der Waals surface area contributed by atoms with Crippen LogP contribution >= 0.6 is 0 Å². The number of aromatic nitrogens is 1. The van der Waals surface area contributed by atoms with E-state index in [1.165, 1.54) is 0 Å². The summed E-state index contributed by atoms with van der Waals surface area (Å²) in [4.78, 5) is 56.5. The van der Waals surface area contributed by atoms with Gasteiger partial charge in [0, 0.05) is 42.3 Å². The number of fused-ring (bicyclic) bond motifs is 1. The molecule has 1 aliphatic rings. The zero-order valence-corrected chi connectivity index (χ0v) is 24.6. The van der Waals surface area contributed by atoms with E-state index >= 15 is 0 Å². The molecule has 9 nitrogen and oxygen atoms in total. The van der Waals surface area contributed by atoms with Gasteiger partial charge in [-0.15, -0.1) is 0 Å². The molecule has 0 aliphatic heterocycles. The SMILES string of the molecule is NC(=O)[C@@H](Cc1ccccc1)NC(=O)[C@H](Cc1c[nH]c2ccccc12)NC(=O)[C@@H](Cc1ccccc1)NC(=O)C1CCCC1. The van der Waals surface area contributed by atoms with Crippen LogP contribution in [-0.2, 0) is 38.4 Å². The van der Waals surface area contributed by atoms with Gasteiger partial charge in [-0.3, -0.25) is 19.2 Å². The quantitative estimate of drug-likeness (QED) is 0.162. The minimum absolute atomic E-state index is 0.124. The summed E-state index contributed by atoms with van der Waals surface area (Å²) in [7, 11) is 0. The van der Waals surface area contributed by atoms with E-state index in [4.69, 9.17) is 5.73 Å². The van der Waals surface area contributed by atoms with Gasteiger partial charge in [0.05, 0.1) is 0 Å². The second kappa shape index (κ2) is 14.5. The molecule has 0 bridgehead atoms. The third-order valence-corrected chi connectivity index (χ3v) is 8.32. The van der Waals surface area contributed by atoms with Crippen LogP contribution in [0.15, 0.2) is 91.1 Å². The van der Waals surface area contributed by atoms with Crippen LogP contribution in [0, 0.1) is 5.92 Å². The monoisotopic (exact) mass is 593 g/mol. The molecule has 4 aromatic rings. The minimum atomic E-state index is -1.04. The van der Waals surface area contributed by atoms with Crippen LogP contribution in [0.25, 0.3) is 10.9 Å². The molecule has 4 amide bonds. The van der Waals surface area contributed by atoms with Crippen LogP contribution < -0.4 is 21.7 Å². The molecule has 1 aromatic heterocycles. The summed E-state index contributed by atoms with van der Waals surface area (Å²) in [5.74, 6) is -1.96. The first-order valence-electron chi connectivity index (χ1n) is 15.2. The number of benzene rings is 3. The van der Waals surface area contributed by atoms with Crippen LogP contribution in [0.1, 0.15) is 42.4 Å². The van der Waals surface area contributed by atoms with E-state index in [1.54, 1.807) is 0 Å². The van der Waals surface area contributed by atoms with Crippen molar-refractivity contribution in [2.75, 3.05) is 0 Å². The van der Waals surface area contributed by atoms with E-state index < -0.39 is 35.8 Å². The molecule has 5 rings (SSSR count). The van der Waals surface area contributed by atoms with Crippen LogP contribution in [0.3, 0.4) is 0 Å². The zero-order chi connectivity index (χ0) is 30.9. The second-order valence-corrected chi connectivity index (χ2v) is 11.5. The molecule has 1 aliphatic carbocycles. The molecule has 0 unspecified atom stereocenters. The van der Waals surface area contributed by atoms with E-state index in [-0.39, 0.29) is 31.1 Å². The number of carbonyl (C=O) groups excluding carboxylic acids is 4. The highest BCUT2D eigenvalue weighted by atomic mass is 16.2. The van der Waals surface area contributed by atoms with Crippen LogP contribution in [-0.4, -0.2) is 46.7 Å². The largest absolute Gasteiger partial charge is 0.368 e. The number of carbonyl (C=O) groups is 4. The maximum Gasteiger partial charge on any atom is 0.243 e. The predicted molar refractivity (Wildman–Crippen MR) is 169 cm³/mol. The lowest BCUT2D eigenvalue weighted by atomic mass is 10.00. The Balaban J connectivity index is 1.39. The Morgan fingerprint density at radius 2 is 1.20 bits per heavy atom. The van der Waals surface area contributed by atoms with Crippen molar-refractivity contribution in [2.24, 2.45) is 11.7 Å². The van der Waals surface area contributed by atoms with Crippen molar-refractivity contribution in [3.05, 3.63) is 108 Å². The maximum absolute atomic E-state index is 13.9. The van der Waals surface area contributed by atoms with Gasteiger partial charge in [-0.25, -0.2) is 0 Å². The van der Waals surface area contributed by atoms with Crippen molar-refractivity contribution in [1.29, 1.82) is 0 Å². The Labute approximate surface area is 257 Å². The van der Waals surface area contributed by atoms with E-state index in [1.807, 2.05) is 91.1 Å². The number of nitrogens with two attached hydrogens (primary N) is 1. The summed E-state index contributed by atoms with van der Waals surface area (Å²) in [5.41, 5.74) is 9.15. The number of hydrogen-bond donors (Lipinski definition) is 5. The van der Waals surface area contributed by atoms with Crippen molar-refractivity contribution in [2.45, 2.75) is 63.1 Å². The van der Waals surface area contributed by atoms with Gasteiger partial charge in [-0.05, 0) is 35.6 Å². The summed E-state index contributed by atoms with van der Waals surface area (Å²) in [6, 6.07) is 23.5. The normalized spacial score (nSPS) is 15.3. The Hall–Kier alpha value is -4.92. The average molecular weight is 594 g/mol. The van der Waals surface area contributed by atoms with Crippen molar-refractivity contribution in [3.8, 4) is 0 Å². The van der Waals surface area contributed by atoms with E-state index in [2.05, 4.69) is 20.9 Å². The maximum atomic E-state index is 13.9. The van der Waals surface area contributed by atoms with Crippen molar-refractivity contribution >= 4 is 34.5 Å². The van der Waals surface area contributed by atoms with Gasteiger partial charge in [-0.2, -0.15) is 0 Å². The van der Waals surface area contributed by atoms with Crippen molar-refractivity contribution in [1.82, 2.24) is 20.9 Å². The van der Waals surface area contributed by atoms with E-state index in [0.717, 1.165) is 53.3 Å². The summed E-state index contributed by atoms with van der Waals surface area (Å²) in [5, 5.41) is 9.58. The van der Waals surface area contributed by atoms with Gasteiger partial charge >= 0.3 is 0 Å². The number of para-hydroxylation sites is 1. The molecule has 3 aromatic carbocycles. The van der Waals surface area contributed by atoms with Crippen LogP contribution in [0.2, 0.25) is 0 Å². The molecular weight excluding hydrogens is 554 g/mol. The van der Waals surface area contributed by atoms with Crippen LogP contribution in [0.4, 0.5) is 0 Å². The smallest absolute Gasteiger partial charge is 0.243 e. The molecule has 0 spiro atoms. The standard InChI is InChI=1S/C35H39N5O4/c36-32(41)29(19-23-11-3-1-4-12-23)38-35(44)31(21-26-22-37-28-18-10-9-17-27(26)28)40-34(43)30(20-24-13-5-2-6-14-24)39-33(42)25-15-7-8-16-25/h1-6,9-14,17-18,22,25,29-31,37H,7-8,15-16,19-21H2,(H2,36,41)(H,38,44)(H,39,42)(H,40,43)/t29-,30-,31+/m1/s1. The van der Waals surface area contributed by atoms with Gasteiger partial charge in [0.2, 0.25) is 23.6 Å². The third kappa shape index (κ3) is 7.92. The first-order valence-corrected chi connectivity index (χ1v) is 15.2. The molecule has 3 atom stereocenters. The molecule has 9 heteroatoms. The summed E-state index contributed by atoms with van der Waals surface area (Å²) >= 11 is 0. The zero-order valence-electron chi connectivity index (χ0n) is 24.6. The fourth-order valence-electron chi connectivity index (χ4n) is 5.88. The number of rotatable bonds is 13. The molecular formula is C35H39N5O4. The fourth-order valence-corrected chi connectivity index (χ4v) is 5.88. The first-order chi connectivity index (χ1) is 21.4. The Morgan fingerprint density at radius 1 is 0.682 bits per heavy atom. The molecule has 228 valence electrons. The molecule has 0 saturated heterocycles. The van der Waals surface area contributed by atoms with Crippen LogP contribution in [0.5, 0.6) is 0 Å². The van der Waals surface area contributed by atoms with Gasteiger partial charge in [0.25, 0.3) is 0 Å².